The number of ether oxygens (including phenoxy) is 1. The molecule has 1 aromatic carbocycles. The van der Waals surface area contributed by atoms with Crippen LogP contribution in [0.15, 0.2) is 6.07 Å². The van der Waals surface area contributed by atoms with Crippen molar-refractivity contribution in [3.8, 4) is 17.2 Å². The molecule has 0 radical (unpaired) electrons. The lowest BCUT2D eigenvalue weighted by Gasteiger charge is -2.18. The molecular formula is C30H54O3. The van der Waals surface area contributed by atoms with Crippen LogP contribution in [0.3, 0.4) is 0 Å². The molecular weight excluding hydrogens is 408 g/mol. The molecule has 0 aliphatic carbocycles. The summed E-state index contributed by atoms with van der Waals surface area (Å²) in [6.45, 7) is 7.35. The highest BCUT2D eigenvalue weighted by Gasteiger charge is 2.19. The molecule has 1 rings (SSSR count). The van der Waals surface area contributed by atoms with E-state index in [4.69, 9.17) is 4.74 Å². The summed E-state index contributed by atoms with van der Waals surface area (Å²) >= 11 is 0. The summed E-state index contributed by atoms with van der Waals surface area (Å²) in [5.74, 6) is 0.465. The SMILES string of the molecule is CCCCCCCCOc1c(O)c(O)cc(CCCCCCCC)c1CCCCCCCC. The zero-order chi connectivity index (χ0) is 24.2. The third kappa shape index (κ3) is 13.2. The molecule has 0 amide bonds. The molecule has 0 saturated carbocycles. The van der Waals surface area contributed by atoms with Crippen molar-refractivity contribution in [3.63, 3.8) is 0 Å². The lowest BCUT2D eigenvalue weighted by molar-refractivity contribution is 0.279. The van der Waals surface area contributed by atoms with Crippen LogP contribution >= 0.6 is 0 Å². The molecule has 0 spiro atoms. The molecule has 0 heterocycles. The van der Waals surface area contributed by atoms with Crippen LogP contribution < -0.4 is 4.74 Å². The van der Waals surface area contributed by atoms with Crippen LogP contribution in [0, 0.1) is 0 Å². The third-order valence-corrected chi connectivity index (χ3v) is 6.75. The molecule has 0 atom stereocenters. The van der Waals surface area contributed by atoms with Crippen LogP contribution in [0.1, 0.15) is 147 Å². The number of phenols is 2. The lowest BCUT2D eigenvalue weighted by Crippen LogP contribution is -2.05. The summed E-state index contributed by atoms with van der Waals surface area (Å²) in [5, 5.41) is 21.1. The number of aryl methyl sites for hydroxylation is 1. The van der Waals surface area contributed by atoms with Crippen molar-refractivity contribution in [1.82, 2.24) is 0 Å². The second-order valence-corrected chi connectivity index (χ2v) is 9.86. The van der Waals surface area contributed by atoms with Crippen molar-refractivity contribution in [1.29, 1.82) is 0 Å². The smallest absolute Gasteiger partial charge is 0.200 e. The van der Waals surface area contributed by atoms with E-state index in [0.717, 1.165) is 44.1 Å². The first-order valence-corrected chi connectivity index (χ1v) is 14.3. The van der Waals surface area contributed by atoms with Crippen molar-refractivity contribution in [2.24, 2.45) is 0 Å². The van der Waals surface area contributed by atoms with Gasteiger partial charge in [-0.05, 0) is 43.7 Å². The lowest BCUT2D eigenvalue weighted by atomic mass is 9.94. The Hall–Kier alpha value is -1.38. The van der Waals surface area contributed by atoms with Gasteiger partial charge in [-0.3, -0.25) is 0 Å². The van der Waals surface area contributed by atoms with E-state index in [9.17, 15) is 10.2 Å². The van der Waals surface area contributed by atoms with Crippen LogP contribution in [-0.2, 0) is 12.8 Å². The van der Waals surface area contributed by atoms with E-state index < -0.39 is 0 Å². The van der Waals surface area contributed by atoms with Gasteiger partial charge in [-0.2, -0.15) is 0 Å². The predicted octanol–water partition coefficient (Wildman–Crippen LogP) is 9.64. The van der Waals surface area contributed by atoms with Gasteiger partial charge in [0.15, 0.2) is 11.5 Å². The van der Waals surface area contributed by atoms with Gasteiger partial charge in [-0.15, -0.1) is 0 Å². The van der Waals surface area contributed by atoms with Gasteiger partial charge in [-0.1, -0.05) is 117 Å². The minimum absolute atomic E-state index is 0.0272. The van der Waals surface area contributed by atoms with Crippen LogP contribution in [0.5, 0.6) is 17.2 Å². The second kappa shape index (κ2) is 20.0. The highest BCUT2D eigenvalue weighted by Crippen LogP contribution is 2.42. The first-order chi connectivity index (χ1) is 16.2. The van der Waals surface area contributed by atoms with Gasteiger partial charge < -0.3 is 14.9 Å². The first-order valence-electron chi connectivity index (χ1n) is 14.3. The maximum Gasteiger partial charge on any atom is 0.200 e. The Bertz CT molecular complexity index is 597. The molecule has 33 heavy (non-hydrogen) atoms. The van der Waals surface area contributed by atoms with E-state index in [1.54, 1.807) is 6.07 Å². The number of aromatic hydroxyl groups is 2. The van der Waals surface area contributed by atoms with Gasteiger partial charge in [0, 0.05) is 5.56 Å². The Morgan fingerprint density at radius 3 is 1.58 bits per heavy atom. The molecule has 0 bridgehead atoms. The molecule has 0 aliphatic rings. The number of benzene rings is 1. The summed E-state index contributed by atoms with van der Waals surface area (Å²) < 4.78 is 6.14. The molecule has 0 fully saturated rings. The van der Waals surface area contributed by atoms with Gasteiger partial charge in [0.05, 0.1) is 6.61 Å². The first kappa shape index (κ1) is 29.7. The molecule has 0 aliphatic heterocycles. The van der Waals surface area contributed by atoms with Crippen LogP contribution in [0.2, 0.25) is 0 Å². The summed E-state index contributed by atoms with van der Waals surface area (Å²) in [4.78, 5) is 0. The standard InChI is InChI=1S/C30H54O3/c1-4-7-10-13-16-19-22-26-25-28(31)29(32)30(33-24-21-18-15-12-9-6-3)27(26)23-20-17-14-11-8-5-2/h25,31-32H,4-24H2,1-3H3. The molecule has 3 nitrogen and oxygen atoms in total. The van der Waals surface area contributed by atoms with Crippen molar-refractivity contribution in [2.45, 2.75) is 149 Å². The zero-order valence-corrected chi connectivity index (χ0v) is 22.2. The van der Waals surface area contributed by atoms with Crippen LogP contribution in [0.25, 0.3) is 0 Å². The van der Waals surface area contributed by atoms with Crippen molar-refractivity contribution in [3.05, 3.63) is 17.2 Å². The normalized spacial score (nSPS) is 11.2. The minimum Gasteiger partial charge on any atom is -0.504 e. The summed E-state index contributed by atoms with van der Waals surface area (Å²) in [6, 6.07) is 1.80. The molecule has 3 heteroatoms. The van der Waals surface area contributed by atoms with Gasteiger partial charge in [0.25, 0.3) is 0 Å². The third-order valence-electron chi connectivity index (χ3n) is 6.75. The largest absolute Gasteiger partial charge is 0.504 e. The highest BCUT2D eigenvalue weighted by atomic mass is 16.5. The minimum atomic E-state index is -0.0614. The van der Waals surface area contributed by atoms with Gasteiger partial charge in [0.2, 0.25) is 5.75 Å². The Kier molecular flexibility index (Phi) is 18.0. The Morgan fingerprint density at radius 2 is 1.03 bits per heavy atom. The van der Waals surface area contributed by atoms with E-state index in [0.29, 0.717) is 12.4 Å². The fourth-order valence-electron chi connectivity index (χ4n) is 4.61. The van der Waals surface area contributed by atoms with Crippen molar-refractivity contribution < 1.29 is 14.9 Å². The monoisotopic (exact) mass is 462 g/mol. The van der Waals surface area contributed by atoms with Gasteiger partial charge in [0.1, 0.15) is 0 Å². The van der Waals surface area contributed by atoms with Crippen LogP contribution in [-0.4, -0.2) is 16.8 Å². The second-order valence-electron chi connectivity index (χ2n) is 9.86. The van der Waals surface area contributed by atoms with Crippen molar-refractivity contribution >= 4 is 0 Å². The van der Waals surface area contributed by atoms with E-state index in [-0.39, 0.29) is 11.5 Å². The Morgan fingerprint density at radius 1 is 0.576 bits per heavy atom. The molecule has 0 unspecified atom stereocenters. The average Bonchev–Trinajstić information content (AvgIpc) is 2.81. The number of phenolic OH excluding ortho intramolecular Hbond substituents is 2. The Labute approximate surface area is 205 Å². The Balaban J connectivity index is 2.75. The quantitative estimate of drug-likeness (QED) is 0.133. The number of hydrogen-bond acceptors (Lipinski definition) is 3. The van der Waals surface area contributed by atoms with Gasteiger partial charge >= 0.3 is 0 Å². The molecule has 2 N–H and O–H groups in total. The van der Waals surface area contributed by atoms with Crippen LogP contribution in [0.4, 0.5) is 0 Å². The number of hydrogen-bond donors (Lipinski definition) is 2. The van der Waals surface area contributed by atoms with E-state index in [1.165, 1.54) is 95.5 Å². The van der Waals surface area contributed by atoms with Crippen molar-refractivity contribution in [2.75, 3.05) is 6.61 Å². The zero-order valence-electron chi connectivity index (χ0n) is 22.2. The molecule has 192 valence electrons. The fourth-order valence-corrected chi connectivity index (χ4v) is 4.61. The number of unbranched alkanes of at least 4 members (excludes halogenated alkanes) is 15. The molecule has 0 saturated heterocycles. The molecule has 1 aromatic rings. The topological polar surface area (TPSA) is 49.7 Å². The maximum atomic E-state index is 10.6. The maximum absolute atomic E-state index is 10.6. The fraction of sp³-hybridized carbons (Fsp3) is 0.800. The van der Waals surface area contributed by atoms with E-state index in [2.05, 4.69) is 20.8 Å². The number of rotatable bonds is 22. The highest BCUT2D eigenvalue weighted by molar-refractivity contribution is 5.58. The predicted molar refractivity (Wildman–Crippen MR) is 143 cm³/mol. The summed E-state index contributed by atoms with van der Waals surface area (Å²) in [5.41, 5.74) is 2.31. The van der Waals surface area contributed by atoms with E-state index in [1.807, 2.05) is 0 Å². The van der Waals surface area contributed by atoms with E-state index >= 15 is 0 Å². The summed E-state index contributed by atoms with van der Waals surface area (Å²) in [6.07, 6.45) is 24.2. The summed E-state index contributed by atoms with van der Waals surface area (Å²) in [7, 11) is 0. The average molecular weight is 463 g/mol. The molecule has 0 aromatic heterocycles. The van der Waals surface area contributed by atoms with Gasteiger partial charge in [-0.25, -0.2) is 0 Å².